The molecular weight excluding hydrogens is 356 g/mol. The Morgan fingerprint density at radius 2 is 1.66 bits per heavy atom. The van der Waals surface area contributed by atoms with Crippen LogP contribution in [0.4, 0.5) is 0 Å². The van der Waals surface area contributed by atoms with Crippen LogP contribution in [0.2, 0.25) is 0 Å². The Balaban J connectivity index is 1.78. The van der Waals surface area contributed by atoms with Gasteiger partial charge in [-0.25, -0.2) is 4.98 Å². The molecule has 2 aromatic carbocycles. The standard InChI is InChI=1S/C26H24N2O/c1-16-8-13-22(27-15-16)21-7-5-6-19-20-12-10-17-9-11-18(14-26(2,3)4)28-23(17)25(20)29-24(19)21/h5-13,15H,14H2,1-4H3. The first-order valence-electron chi connectivity index (χ1n) is 10.1. The van der Waals surface area contributed by atoms with Crippen LogP contribution in [-0.4, -0.2) is 9.97 Å². The Morgan fingerprint density at radius 3 is 2.41 bits per heavy atom. The zero-order valence-electron chi connectivity index (χ0n) is 17.3. The molecule has 3 heteroatoms. The van der Waals surface area contributed by atoms with Gasteiger partial charge in [0, 0.05) is 33.6 Å². The number of benzene rings is 2. The summed E-state index contributed by atoms with van der Waals surface area (Å²) in [6, 6.07) is 18.9. The molecule has 5 aromatic rings. The lowest BCUT2D eigenvalue weighted by atomic mass is 9.90. The van der Waals surface area contributed by atoms with E-state index in [-0.39, 0.29) is 5.41 Å². The summed E-state index contributed by atoms with van der Waals surface area (Å²) in [7, 11) is 0. The Morgan fingerprint density at radius 1 is 0.862 bits per heavy atom. The van der Waals surface area contributed by atoms with E-state index in [1.54, 1.807) is 0 Å². The maximum absolute atomic E-state index is 6.46. The maximum Gasteiger partial charge on any atom is 0.161 e. The first-order chi connectivity index (χ1) is 13.9. The zero-order chi connectivity index (χ0) is 20.2. The third-order valence-corrected chi connectivity index (χ3v) is 5.28. The van der Waals surface area contributed by atoms with Crippen LogP contribution in [0.3, 0.4) is 0 Å². The number of pyridine rings is 2. The maximum atomic E-state index is 6.46. The Bertz CT molecular complexity index is 1360. The van der Waals surface area contributed by atoms with Gasteiger partial charge in [0.15, 0.2) is 5.58 Å². The van der Waals surface area contributed by atoms with Crippen molar-refractivity contribution in [2.45, 2.75) is 34.1 Å². The van der Waals surface area contributed by atoms with Crippen molar-refractivity contribution in [3.8, 4) is 11.3 Å². The van der Waals surface area contributed by atoms with Gasteiger partial charge >= 0.3 is 0 Å². The van der Waals surface area contributed by atoms with E-state index < -0.39 is 0 Å². The number of nitrogens with zero attached hydrogens (tertiary/aromatic N) is 2. The van der Waals surface area contributed by atoms with Gasteiger partial charge < -0.3 is 4.42 Å². The molecule has 0 aliphatic rings. The van der Waals surface area contributed by atoms with E-state index >= 15 is 0 Å². The first kappa shape index (κ1) is 17.9. The van der Waals surface area contributed by atoms with Gasteiger partial charge in [-0.05, 0) is 48.6 Å². The van der Waals surface area contributed by atoms with E-state index in [1.807, 2.05) is 13.1 Å². The third-order valence-electron chi connectivity index (χ3n) is 5.28. The molecule has 29 heavy (non-hydrogen) atoms. The molecule has 3 aromatic heterocycles. The number of fused-ring (bicyclic) bond motifs is 5. The topological polar surface area (TPSA) is 38.9 Å². The number of para-hydroxylation sites is 1. The molecule has 3 nitrogen and oxygen atoms in total. The smallest absolute Gasteiger partial charge is 0.161 e. The van der Waals surface area contributed by atoms with Gasteiger partial charge in [-0.1, -0.05) is 51.1 Å². The molecule has 0 saturated heterocycles. The molecule has 144 valence electrons. The molecule has 0 bridgehead atoms. The second-order valence-electron chi connectivity index (χ2n) is 9.06. The number of furan rings is 1. The van der Waals surface area contributed by atoms with Gasteiger partial charge in [0.1, 0.15) is 11.1 Å². The lowest BCUT2D eigenvalue weighted by Crippen LogP contribution is -2.10. The van der Waals surface area contributed by atoms with Crippen LogP contribution in [0, 0.1) is 12.3 Å². The molecule has 0 aliphatic heterocycles. The molecule has 0 spiro atoms. The summed E-state index contributed by atoms with van der Waals surface area (Å²) < 4.78 is 6.46. The minimum absolute atomic E-state index is 0.187. The highest BCUT2D eigenvalue weighted by atomic mass is 16.3. The van der Waals surface area contributed by atoms with Gasteiger partial charge in [-0.3, -0.25) is 4.98 Å². The van der Waals surface area contributed by atoms with E-state index in [2.05, 4.69) is 80.4 Å². The monoisotopic (exact) mass is 380 g/mol. The van der Waals surface area contributed by atoms with Crippen molar-refractivity contribution >= 4 is 32.8 Å². The molecule has 0 fully saturated rings. The molecular formula is C26H24N2O. The average molecular weight is 380 g/mol. The van der Waals surface area contributed by atoms with E-state index in [0.29, 0.717) is 0 Å². The van der Waals surface area contributed by atoms with Gasteiger partial charge in [0.2, 0.25) is 0 Å². The van der Waals surface area contributed by atoms with Crippen molar-refractivity contribution < 1.29 is 4.42 Å². The summed E-state index contributed by atoms with van der Waals surface area (Å²) in [5, 5.41) is 3.30. The normalized spacial score (nSPS) is 12.3. The third kappa shape index (κ3) is 3.17. The van der Waals surface area contributed by atoms with E-state index in [0.717, 1.165) is 61.8 Å². The van der Waals surface area contributed by atoms with E-state index in [1.165, 1.54) is 0 Å². The Kier molecular flexibility index (Phi) is 3.95. The van der Waals surface area contributed by atoms with E-state index in [4.69, 9.17) is 9.40 Å². The van der Waals surface area contributed by atoms with Crippen molar-refractivity contribution in [3.63, 3.8) is 0 Å². The van der Waals surface area contributed by atoms with Crippen molar-refractivity contribution in [3.05, 3.63) is 72.1 Å². The highest BCUT2D eigenvalue weighted by molar-refractivity contribution is 6.16. The fourth-order valence-corrected chi connectivity index (χ4v) is 3.95. The zero-order valence-corrected chi connectivity index (χ0v) is 17.3. The Labute approximate surface area is 170 Å². The second kappa shape index (κ2) is 6.41. The first-order valence-corrected chi connectivity index (χ1v) is 10.1. The highest BCUT2D eigenvalue weighted by Gasteiger charge is 2.17. The van der Waals surface area contributed by atoms with E-state index in [9.17, 15) is 0 Å². The minimum Gasteiger partial charge on any atom is -0.453 e. The van der Waals surface area contributed by atoms with Crippen LogP contribution in [0.5, 0.6) is 0 Å². The number of aromatic nitrogens is 2. The summed E-state index contributed by atoms with van der Waals surface area (Å²) in [5.74, 6) is 0. The number of hydrogen-bond donors (Lipinski definition) is 0. The number of hydrogen-bond acceptors (Lipinski definition) is 3. The number of rotatable bonds is 2. The van der Waals surface area contributed by atoms with Crippen LogP contribution in [0.25, 0.3) is 44.1 Å². The van der Waals surface area contributed by atoms with Crippen molar-refractivity contribution in [2.24, 2.45) is 5.41 Å². The summed E-state index contributed by atoms with van der Waals surface area (Å²) in [5.41, 5.74) is 7.02. The summed E-state index contributed by atoms with van der Waals surface area (Å²) in [4.78, 5) is 9.60. The predicted octanol–water partition coefficient (Wildman–Crippen LogP) is 7.09. The molecule has 0 amide bonds. The van der Waals surface area contributed by atoms with Gasteiger partial charge in [-0.15, -0.1) is 0 Å². The predicted molar refractivity (Wildman–Crippen MR) is 120 cm³/mol. The van der Waals surface area contributed by atoms with Crippen LogP contribution in [0.1, 0.15) is 32.0 Å². The summed E-state index contributed by atoms with van der Waals surface area (Å²) >= 11 is 0. The largest absolute Gasteiger partial charge is 0.453 e. The SMILES string of the molecule is Cc1ccc(-c2cccc3c2oc2c3ccc3ccc(CC(C)(C)C)nc32)nc1. The second-order valence-corrected chi connectivity index (χ2v) is 9.06. The van der Waals surface area contributed by atoms with Crippen LogP contribution >= 0.6 is 0 Å². The quantitative estimate of drug-likeness (QED) is 0.328. The summed E-state index contributed by atoms with van der Waals surface area (Å²) in [6.45, 7) is 8.76. The molecule has 0 aliphatic carbocycles. The van der Waals surface area contributed by atoms with Gasteiger partial charge in [-0.2, -0.15) is 0 Å². The lowest BCUT2D eigenvalue weighted by molar-refractivity contribution is 0.407. The van der Waals surface area contributed by atoms with Crippen LogP contribution in [-0.2, 0) is 6.42 Å². The molecule has 0 saturated carbocycles. The van der Waals surface area contributed by atoms with Crippen molar-refractivity contribution in [2.75, 3.05) is 0 Å². The molecule has 0 radical (unpaired) electrons. The molecule has 0 N–H and O–H groups in total. The van der Waals surface area contributed by atoms with Crippen molar-refractivity contribution in [1.82, 2.24) is 9.97 Å². The van der Waals surface area contributed by atoms with Gasteiger partial charge in [0.25, 0.3) is 0 Å². The molecule has 0 atom stereocenters. The summed E-state index contributed by atoms with van der Waals surface area (Å²) in [6.07, 6.45) is 2.82. The van der Waals surface area contributed by atoms with Crippen molar-refractivity contribution in [1.29, 1.82) is 0 Å². The highest BCUT2D eigenvalue weighted by Crippen LogP contribution is 2.38. The molecule has 3 heterocycles. The molecule has 0 unspecified atom stereocenters. The minimum atomic E-state index is 0.187. The molecule has 5 rings (SSSR count). The fraction of sp³-hybridized carbons (Fsp3) is 0.231. The fourth-order valence-electron chi connectivity index (χ4n) is 3.95. The van der Waals surface area contributed by atoms with Gasteiger partial charge in [0.05, 0.1) is 5.69 Å². The Hall–Kier alpha value is -3.20. The van der Waals surface area contributed by atoms with Crippen LogP contribution in [0.15, 0.2) is 65.2 Å². The number of aryl methyl sites for hydroxylation is 1. The lowest BCUT2D eigenvalue weighted by Gasteiger charge is -2.17. The van der Waals surface area contributed by atoms with Crippen LogP contribution < -0.4 is 0 Å². The average Bonchev–Trinajstić information content (AvgIpc) is 3.07.